The van der Waals surface area contributed by atoms with Crippen LogP contribution >= 0.6 is 15.9 Å². The van der Waals surface area contributed by atoms with E-state index in [0.717, 1.165) is 10.9 Å². The lowest BCUT2D eigenvalue weighted by molar-refractivity contribution is 0.0722. The molecule has 0 heterocycles. The fourth-order valence-electron chi connectivity index (χ4n) is 1.48. The fraction of sp³-hybridized carbons (Fsp3) is 0.417. The van der Waals surface area contributed by atoms with Crippen molar-refractivity contribution in [2.45, 2.75) is 13.3 Å². The molecule has 3 nitrogen and oxygen atoms in total. The Morgan fingerprint density at radius 2 is 1.94 bits per heavy atom. The van der Waals surface area contributed by atoms with E-state index in [1.165, 1.54) is 0 Å². The first-order valence-electron chi connectivity index (χ1n) is 5.34. The van der Waals surface area contributed by atoms with Crippen LogP contribution in [-0.4, -0.2) is 35.6 Å². The molecule has 1 rings (SSSR count). The second kappa shape index (κ2) is 6.66. The number of carbonyl (C=O) groups is 1. The third kappa shape index (κ3) is 3.61. The summed E-state index contributed by atoms with van der Waals surface area (Å²) in [4.78, 5) is 13.7. The van der Waals surface area contributed by atoms with E-state index in [-0.39, 0.29) is 12.5 Å². The lowest BCUT2D eigenvalue weighted by Crippen LogP contribution is -2.34. The van der Waals surface area contributed by atoms with Crippen LogP contribution in [0.2, 0.25) is 0 Å². The molecule has 1 N–H and O–H groups in total. The number of nitrogens with zero attached hydrogens (tertiary/aromatic N) is 1. The van der Waals surface area contributed by atoms with E-state index in [2.05, 4.69) is 15.9 Å². The van der Waals surface area contributed by atoms with Crippen LogP contribution in [0.5, 0.6) is 0 Å². The van der Waals surface area contributed by atoms with Crippen molar-refractivity contribution >= 4 is 21.8 Å². The zero-order chi connectivity index (χ0) is 12.0. The van der Waals surface area contributed by atoms with E-state index in [4.69, 9.17) is 5.11 Å². The second-order valence-corrected chi connectivity index (χ2v) is 4.44. The number of benzene rings is 1. The number of carbonyl (C=O) groups excluding carboxylic acids is 1. The smallest absolute Gasteiger partial charge is 0.253 e. The standard InChI is InChI=1S/C12H16BrNO2/c1-2-7-14(8-9-15)12(16)10-3-5-11(13)6-4-10/h3-6,15H,2,7-9H2,1H3. The van der Waals surface area contributed by atoms with E-state index in [0.29, 0.717) is 18.7 Å². The summed E-state index contributed by atoms with van der Waals surface area (Å²) in [6.07, 6.45) is 0.891. The summed E-state index contributed by atoms with van der Waals surface area (Å²) in [5.74, 6) is -0.0246. The lowest BCUT2D eigenvalue weighted by atomic mass is 10.2. The van der Waals surface area contributed by atoms with E-state index >= 15 is 0 Å². The highest BCUT2D eigenvalue weighted by atomic mass is 79.9. The van der Waals surface area contributed by atoms with Gasteiger partial charge in [-0.15, -0.1) is 0 Å². The predicted molar refractivity (Wildman–Crippen MR) is 67.4 cm³/mol. The minimum Gasteiger partial charge on any atom is -0.395 e. The Morgan fingerprint density at radius 1 is 1.31 bits per heavy atom. The molecule has 1 amide bonds. The average Bonchev–Trinajstić information content (AvgIpc) is 2.29. The Labute approximate surface area is 104 Å². The molecule has 0 unspecified atom stereocenters. The summed E-state index contributed by atoms with van der Waals surface area (Å²) in [7, 11) is 0. The van der Waals surface area contributed by atoms with Gasteiger partial charge in [0.05, 0.1) is 6.61 Å². The van der Waals surface area contributed by atoms with Gasteiger partial charge in [0.1, 0.15) is 0 Å². The Hall–Kier alpha value is -0.870. The number of aliphatic hydroxyl groups excluding tert-OH is 1. The quantitative estimate of drug-likeness (QED) is 0.902. The van der Waals surface area contributed by atoms with Gasteiger partial charge < -0.3 is 10.0 Å². The Kier molecular flexibility index (Phi) is 5.49. The summed E-state index contributed by atoms with van der Waals surface area (Å²) in [5, 5.41) is 8.90. The van der Waals surface area contributed by atoms with Crippen LogP contribution in [0.4, 0.5) is 0 Å². The van der Waals surface area contributed by atoms with Crippen molar-refractivity contribution < 1.29 is 9.90 Å². The summed E-state index contributed by atoms with van der Waals surface area (Å²) >= 11 is 3.33. The number of aliphatic hydroxyl groups is 1. The highest BCUT2D eigenvalue weighted by Crippen LogP contribution is 2.12. The molecular formula is C12H16BrNO2. The fourth-order valence-corrected chi connectivity index (χ4v) is 1.74. The molecule has 0 aliphatic carbocycles. The molecule has 0 bridgehead atoms. The normalized spacial score (nSPS) is 10.2. The van der Waals surface area contributed by atoms with Crippen molar-refractivity contribution in [3.05, 3.63) is 34.3 Å². The van der Waals surface area contributed by atoms with Gasteiger partial charge in [-0.3, -0.25) is 4.79 Å². The van der Waals surface area contributed by atoms with Gasteiger partial charge in [-0.2, -0.15) is 0 Å². The second-order valence-electron chi connectivity index (χ2n) is 3.52. The first-order valence-corrected chi connectivity index (χ1v) is 6.14. The molecule has 16 heavy (non-hydrogen) atoms. The highest BCUT2D eigenvalue weighted by molar-refractivity contribution is 9.10. The molecule has 1 aromatic carbocycles. The molecule has 88 valence electrons. The number of halogens is 1. The molecule has 4 heteroatoms. The first kappa shape index (κ1) is 13.2. The van der Waals surface area contributed by atoms with Crippen LogP contribution in [0.25, 0.3) is 0 Å². The number of hydrogen-bond donors (Lipinski definition) is 1. The average molecular weight is 286 g/mol. The molecular weight excluding hydrogens is 270 g/mol. The largest absolute Gasteiger partial charge is 0.395 e. The van der Waals surface area contributed by atoms with Crippen LogP contribution < -0.4 is 0 Å². The summed E-state index contributed by atoms with van der Waals surface area (Å²) in [6.45, 7) is 3.08. The minimum absolute atomic E-state index is 0.00225. The Bertz CT molecular complexity index is 331. The monoisotopic (exact) mass is 285 g/mol. The zero-order valence-electron chi connectivity index (χ0n) is 9.32. The molecule has 0 saturated heterocycles. The third-order valence-electron chi connectivity index (χ3n) is 2.24. The van der Waals surface area contributed by atoms with Gasteiger partial charge in [-0.25, -0.2) is 0 Å². The van der Waals surface area contributed by atoms with Gasteiger partial charge >= 0.3 is 0 Å². The maximum atomic E-state index is 12.0. The van der Waals surface area contributed by atoms with Crippen LogP contribution in [0, 0.1) is 0 Å². The molecule has 0 atom stereocenters. The zero-order valence-corrected chi connectivity index (χ0v) is 10.9. The molecule has 0 aromatic heterocycles. The van der Waals surface area contributed by atoms with Crippen LogP contribution in [0.1, 0.15) is 23.7 Å². The van der Waals surface area contributed by atoms with Crippen LogP contribution in [0.3, 0.4) is 0 Å². The van der Waals surface area contributed by atoms with Gasteiger partial charge in [-0.1, -0.05) is 22.9 Å². The summed E-state index contributed by atoms with van der Waals surface area (Å²) in [6, 6.07) is 7.26. The number of rotatable bonds is 5. The van der Waals surface area contributed by atoms with Gasteiger partial charge in [0.25, 0.3) is 5.91 Å². The minimum atomic E-state index is -0.0246. The van der Waals surface area contributed by atoms with Crippen molar-refractivity contribution in [1.82, 2.24) is 4.90 Å². The van der Waals surface area contributed by atoms with E-state index in [1.54, 1.807) is 17.0 Å². The maximum absolute atomic E-state index is 12.0. The third-order valence-corrected chi connectivity index (χ3v) is 2.77. The van der Waals surface area contributed by atoms with E-state index in [1.807, 2.05) is 19.1 Å². The lowest BCUT2D eigenvalue weighted by Gasteiger charge is -2.21. The molecule has 0 radical (unpaired) electrons. The number of amides is 1. The van der Waals surface area contributed by atoms with Gasteiger partial charge in [0, 0.05) is 23.1 Å². The molecule has 0 fully saturated rings. The molecule has 1 aromatic rings. The molecule has 0 aliphatic rings. The Balaban J connectivity index is 2.77. The summed E-state index contributed by atoms with van der Waals surface area (Å²) in [5.41, 5.74) is 0.658. The van der Waals surface area contributed by atoms with Crippen molar-refractivity contribution in [1.29, 1.82) is 0 Å². The summed E-state index contributed by atoms with van der Waals surface area (Å²) < 4.78 is 0.952. The van der Waals surface area contributed by atoms with Crippen molar-refractivity contribution in [3.8, 4) is 0 Å². The molecule has 0 saturated carbocycles. The highest BCUT2D eigenvalue weighted by Gasteiger charge is 2.13. The van der Waals surface area contributed by atoms with Crippen LogP contribution in [-0.2, 0) is 0 Å². The Morgan fingerprint density at radius 3 is 2.44 bits per heavy atom. The first-order chi connectivity index (χ1) is 7.69. The van der Waals surface area contributed by atoms with Crippen LogP contribution in [0.15, 0.2) is 28.7 Å². The number of hydrogen-bond acceptors (Lipinski definition) is 2. The van der Waals surface area contributed by atoms with E-state index < -0.39 is 0 Å². The predicted octanol–water partition coefficient (Wildman–Crippen LogP) is 2.29. The molecule has 0 aliphatic heterocycles. The van der Waals surface area contributed by atoms with Gasteiger partial charge in [0.2, 0.25) is 0 Å². The van der Waals surface area contributed by atoms with E-state index in [9.17, 15) is 4.79 Å². The topological polar surface area (TPSA) is 40.5 Å². The maximum Gasteiger partial charge on any atom is 0.253 e. The van der Waals surface area contributed by atoms with Crippen molar-refractivity contribution in [2.24, 2.45) is 0 Å². The molecule has 0 spiro atoms. The SMILES string of the molecule is CCCN(CCO)C(=O)c1ccc(Br)cc1. The van der Waals surface area contributed by atoms with Gasteiger partial charge in [0.15, 0.2) is 0 Å². The van der Waals surface area contributed by atoms with Gasteiger partial charge in [-0.05, 0) is 30.7 Å². The van der Waals surface area contributed by atoms with Crippen molar-refractivity contribution in [3.63, 3.8) is 0 Å². The van der Waals surface area contributed by atoms with Crippen molar-refractivity contribution in [2.75, 3.05) is 19.7 Å².